The number of aromatic nitrogens is 2. The first-order chi connectivity index (χ1) is 9.47. The molecule has 0 fully saturated rings. The van der Waals surface area contributed by atoms with Crippen molar-refractivity contribution in [3.8, 4) is 0 Å². The molecule has 0 aliphatic heterocycles. The third kappa shape index (κ3) is 4.88. The van der Waals surface area contributed by atoms with Gasteiger partial charge in [0.05, 0.1) is 5.69 Å². The number of carbonyl (C=O) groups is 1. The van der Waals surface area contributed by atoms with Gasteiger partial charge in [-0.2, -0.15) is 5.10 Å². The maximum atomic E-state index is 12.7. The molecule has 20 heavy (non-hydrogen) atoms. The van der Waals surface area contributed by atoms with Crippen LogP contribution in [0.1, 0.15) is 31.7 Å². The summed E-state index contributed by atoms with van der Waals surface area (Å²) in [5, 5.41) is 6.63. The van der Waals surface area contributed by atoms with Crippen molar-refractivity contribution in [2.24, 2.45) is 0 Å². The molecule has 0 radical (unpaired) electrons. The molecule has 1 aromatic rings. The molecule has 0 aliphatic carbocycles. The quantitative estimate of drug-likeness (QED) is 0.790. The fourth-order valence-electron chi connectivity index (χ4n) is 1.95. The standard InChI is InChI=1S/C13H22F2N4O/c1-4-18(5-2)7-6-16-12(20)9-19-11(13(14)15)8-10(3)17-19/h8,13H,4-7,9H2,1-3H3,(H,16,20). The fraction of sp³-hybridized carbons (Fsp3) is 0.692. The lowest BCUT2D eigenvalue weighted by Crippen LogP contribution is -2.36. The Hall–Kier alpha value is -1.50. The van der Waals surface area contributed by atoms with E-state index in [2.05, 4.69) is 15.3 Å². The molecule has 0 atom stereocenters. The number of rotatable bonds is 8. The summed E-state index contributed by atoms with van der Waals surface area (Å²) in [6, 6.07) is 1.30. The summed E-state index contributed by atoms with van der Waals surface area (Å²) < 4.78 is 26.5. The molecule has 0 saturated carbocycles. The minimum atomic E-state index is -2.63. The van der Waals surface area contributed by atoms with Crippen LogP contribution in [0.25, 0.3) is 0 Å². The average molecular weight is 288 g/mol. The fourth-order valence-corrected chi connectivity index (χ4v) is 1.95. The summed E-state index contributed by atoms with van der Waals surface area (Å²) in [6.45, 7) is 8.63. The lowest BCUT2D eigenvalue weighted by Gasteiger charge is -2.18. The van der Waals surface area contributed by atoms with Gasteiger partial charge in [0.1, 0.15) is 12.2 Å². The maximum Gasteiger partial charge on any atom is 0.280 e. The third-order valence-corrected chi connectivity index (χ3v) is 3.09. The number of halogens is 2. The summed E-state index contributed by atoms with van der Waals surface area (Å²) in [7, 11) is 0. The lowest BCUT2D eigenvalue weighted by molar-refractivity contribution is -0.122. The van der Waals surface area contributed by atoms with E-state index in [-0.39, 0.29) is 18.1 Å². The van der Waals surface area contributed by atoms with Gasteiger partial charge in [-0.1, -0.05) is 13.8 Å². The highest BCUT2D eigenvalue weighted by molar-refractivity contribution is 5.75. The first-order valence-electron chi connectivity index (χ1n) is 6.79. The largest absolute Gasteiger partial charge is 0.353 e. The van der Waals surface area contributed by atoms with Crippen LogP contribution in [0.5, 0.6) is 0 Å². The Morgan fingerprint density at radius 2 is 2.10 bits per heavy atom. The van der Waals surface area contributed by atoms with E-state index < -0.39 is 6.43 Å². The summed E-state index contributed by atoms with van der Waals surface area (Å²) in [5.74, 6) is -0.304. The summed E-state index contributed by atoms with van der Waals surface area (Å²) >= 11 is 0. The Kier molecular flexibility index (Phi) is 6.57. The molecule has 0 saturated heterocycles. The number of carbonyl (C=O) groups excluding carboxylic acids is 1. The maximum absolute atomic E-state index is 12.7. The van der Waals surface area contributed by atoms with Crippen molar-refractivity contribution in [3.05, 3.63) is 17.5 Å². The van der Waals surface area contributed by atoms with Gasteiger partial charge in [-0.15, -0.1) is 0 Å². The molecule has 114 valence electrons. The first kappa shape index (κ1) is 16.6. The minimum Gasteiger partial charge on any atom is -0.353 e. The second-order valence-electron chi connectivity index (χ2n) is 4.55. The summed E-state index contributed by atoms with van der Waals surface area (Å²) in [5.41, 5.74) is 0.262. The number of alkyl halides is 2. The van der Waals surface area contributed by atoms with E-state index in [4.69, 9.17) is 0 Å². The van der Waals surface area contributed by atoms with Crippen molar-refractivity contribution < 1.29 is 13.6 Å². The van der Waals surface area contributed by atoms with E-state index in [0.29, 0.717) is 12.2 Å². The molecule has 1 rings (SSSR count). The van der Waals surface area contributed by atoms with Crippen LogP contribution < -0.4 is 5.32 Å². The molecule has 1 aromatic heterocycles. The van der Waals surface area contributed by atoms with E-state index in [0.717, 1.165) is 24.3 Å². The van der Waals surface area contributed by atoms with Crippen molar-refractivity contribution in [2.75, 3.05) is 26.2 Å². The smallest absolute Gasteiger partial charge is 0.280 e. The van der Waals surface area contributed by atoms with E-state index in [1.807, 2.05) is 13.8 Å². The monoisotopic (exact) mass is 288 g/mol. The highest BCUT2D eigenvalue weighted by Gasteiger charge is 2.17. The highest BCUT2D eigenvalue weighted by atomic mass is 19.3. The number of likely N-dealkylation sites (N-methyl/N-ethyl adjacent to an activating group) is 1. The Morgan fingerprint density at radius 1 is 1.45 bits per heavy atom. The van der Waals surface area contributed by atoms with Crippen LogP contribution in [0.2, 0.25) is 0 Å². The van der Waals surface area contributed by atoms with E-state index >= 15 is 0 Å². The van der Waals surface area contributed by atoms with Gasteiger partial charge in [0, 0.05) is 13.1 Å². The van der Waals surface area contributed by atoms with Gasteiger partial charge in [0.2, 0.25) is 5.91 Å². The molecule has 7 heteroatoms. The molecule has 0 spiro atoms. The molecular formula is C13H22F2N4O. The van der Waals surface area contributed by atoms with E-state index in [1.54, 1.807) is 6.92 Å². The van der Waals surface area contributed by atoms with Crippen molar-refractivity contribution in [1.29, 1.82) is 0 Å². The number of hydrogen-bond donors (Lipinski definition) is 1. The molecule has 0 unspecified atom stereocenters. The zero-order valence-corrected chi connectivity index (χ0v) is 12.2. The van der Waals surface area contributed by atoms with Crippen LogP contribution in [0.3, 0.4) is 0 Å². The molecule has 5 nitrogen and oxygen atoms in total. The Morgan fingerprint density at radius 3 is 2.65 bits per heavy atom. The number of nitrogens with zero attached hydrogens (tertiary/aromatic N) is 3. The highest BCUT2D eigenvalue weighted by Crippen LogP contribution is 2.19. The van der Waals surface area contributed by atoms with Gasteiger partial charge in [-0.25, -0.2) is 8.78 Å². The number of aryl methyl sites for hydroxylation is 1. The number of amides is 1. The second kappa shape index (κ2) is 7.94. The third-order valence-electron chi connectivity index (χ3n) is 3.09. The molecule has 0 aliphatic rings. The van der Waals surface area contributed by atoms with Crippen LogP contribution in [-0.2, 0) is 11.3 Å². The van der Waals surface area contributed by atoms with Crippen molar-refractivity contribution in [1.82, 2.24) is 20.0 Å². The Bertz CT molecular complexity index is 430. The SMILES string of the molecule is CCN(CC)CCNC(=O)Cn1nc(C)cc1C(F)F. The molecule has 0 bridgehead atoms. The zero-order chi connectivity index (χ0) is 15.1. The van der Waals surface area contributed by atoms with Crippen LogP contribution in [0.4, 0.5) is 8.78 Å². The number of nitrogens with one attached hydrogen (secondary N) is 1. The van der Waals surface area contributed by atoms with Gasteiger partial charge in [0.25, 0.3) is 6.43 Å². The second-order valence-corrected chi connectivity index (χ2v) is 4.55. The van der Waals surface area contributed by atoms with Gasteiger partial charge in [-0.3, -0.25) is 9.48 Å². The number of hydrogen-bond acceptors (Lipinski definition) is 3. The van der Waals surface area contributed by atoms with E-state index in [1.165, 1.54) is 6.07 Å². The van der Waals surface area contributed by atoms with Crippen molar-refractivity contribution in [3.63, 3.8) is 0 Å². The van der Waals surface area contributed by atoms with E-state index in [9.17, 15) is 13.6 Å². The summed E-state index contributed by atoms with van der Waals surface area (Å²) in [4.78, 5) is 13.9. The van der Waals surface area contributed by atoms with Gasteiger partial charge in [0.15, 0.2) is 0 Å². The normalized spacial score (nSPS) is 11.3. The zero-order valence-electron chi connectivity index (χ0n) is 12.2. The molecule has 1 amide bonds. The van der Waals surface area contributed by atoms with Crippen LogP contribution >= 0.6 is 0 Å². The predicted octanol–water partition coefficient (Wildman–Crippen LogP) is 1.59. The predicted molar refractivity (Wildman–Crippen MR) is 72.7 cm³/mol. The molecule has 1 heterocycles. The lowest BCUT2D eigenvalue weighted by atomic mass is 10.4. The minimum absolute atomic E-state index is 0.175. The molecule has 0 aromatic carbocycles. The summed E-state index contributed by atoms with van der Waals surface area (Å²) in [6.07, 6.45) is -2.63. The van der Waals surface area contributed by atoms with Gasteiger partial charge >= 0.3 is 0 Å². The first-order valence-corrected chi connectivity index (χ1v) is 6.79. The van der Waals surface area contributed by atoms with Crippen LogP contribution in [0, 0.1) is 6.92 Å². The van der Waals surface area contributed by atoms with Crippen LogP contribution in [0.15, 0.2) is 6.07 Å². The van der Waals surface area contributed by atoms with Crippen LogP contribution in [-0.4, -0.2) is 46.8 Å². The van der Waals surface area contributed by atoms with Gasteiger partial charge < -0.3 is 10.2 Å². The Balaban J connectivity index is 2.46. The topological polar surface area (TPSA) is 50.2 Å². The molecular weight excluding hydrogens is 266 g/mol. The Labute approximate surface area is 117 Å². The van der Waals surface area contributed by atoms with Gasteiger partial charge in [-0.05, 0) is 26.1 Å². The average Bonchev–Trinajstić information content (AvgIpc) is 2.75. The van der Waals surface area contributed by atoms with Crippen molar-refractivity contribution >= 4 is 5.91 Å². The van der Waals surface area contributed by atoms with Crippen molar-refractivity contribution in [2.45, 2.75) is 33.7 Å². The molecule has 1 N–H and O–H groups in total.